The molecule has 1 aromatic carbocycles. The van der Waals surface area contributed by atoms with Crippen LogP contribution in [0.2, 0.25) is 5.02 Å². The topological polar surface area (TPSA) is 35.2 Å². The zero-order valence-electron chi connectivity index (χ0n) is 10.5. The third kappa shape index (κ3) is 4.42. The molecular formula is C13H17ClFNOS. The zero-order chi connectivity index (χ0) is 13.8. The molecule has 0 aliphatic rings. The molecule has 18 heavy (non-hydrogen) atoms. The van der Waals surface area contributed by atoms with Crippen LogP contribution in [0, 0.1) is 11.2 Å². The standard InChI is InChI=1S/C13H17ClFNOS/c1-13(2,12(16)18)6-3-7-17-9-4-5-11(15)10(14)8-9/h4-5,8H,3,6-7H2,1-2H3,(H2,16,18). The number of ether oxygens (including phenoxy) is 1. The Labute approximate surface area is 117 Å². The Balaban J connectivity index is 2.38. The Morgan fingerprint density at radius 3 is 2.72 bits per heavy atom. The minimum atomic E-state index is -0.446. The van der Waals surface area contributed by atoms with Crippen molar-refractivity contribution in [3.63, 3.8) is 0 Å². The zero-order valence-corrected chi connectivity index (χ0v) is 12.1. The van der Waals surface area contributed by atoms with E-state index >= 15 is 0 Å². The Bertz CT molecular complexity index is 437. The van der Waals surface area contributed by atoms with Crippen LogP contribution in [0.1, 0.15) is 26.7 Å². The van der Waals surface area contributed by atoms with Crippen LogP contribution in [0.3, 0.4) is 0 Å². The van der Waals surface area contributed by atoms with Crippen LogP contribution >= 0.6 is 23.8 Å². The fourth-order valence-corrected chi connectivity index (χ4v) is 1.67. The monoisotopic (exact) mass is 289 g/mol. The van der Waals surface area contributed by atoms with Gasteiger partial charge in [0.05, 0.1) is 16.6 Å². The Morgan fingerprint density at radius 2 is 2.17 bits per heavy atom. The minimum absolute atomic E-state index is 0.0657. The molecule has 0 fully saturated rings. The van der Waals surface area contributed by atoms with E-state index in [0.29, 0.717) is 17.3 Å². The average molecular weight is 290 g/mol. The fraction of sp³-hybridized carbons (Fsp3) is 0.462. The number of thiocarbonyl (C=S) groups is 1. The molecule has 0 spiro atoms. The summed E-state index contributed by atoms with van der Waals surface area (Å²) in [6.45, 7) is 4.53. The van der Waals surface area contributed by atoms with Crippen LogP contribution in [0.5, 0.6) is 5.75 Å². The lowest BCUT2D eigenvalue weighted by molar-refractivity contribution is 0.287. The number of hydrogen-bond donors (Lipinski definition) is 1. The molecule has 0 heterocycles. The lowest BCUT2D eigenvalue weighted by Crippen LogP contribution is -2.30. The molecule has 0 saturated carbocycles. The Hall–Kier alpha value is -0.870. The van der Waals surface area contributed by atoms with E-state index in [0.717, 1.165) is 12.8 Å². The third-order valence-electron chi connectivity index (χ3n) is 2.77. The van der Waals surface area contributed by atoms with Gasteiger partial charge in [-0.3, -0.25) is 0 Å². The first-order valence-corrected chi connectivity index (χ1v) is 6.49. The minimum Gasteiger partial charge on any atom is -0.494 e. The van der Waals surface area contributed by atoms with E-state index in [-0.39, 0.29) is 10.4 Å². The van der Waals surface area contributed by atoms with Crippen molar-refractivity contribution in [2.24, 2.45) is 11.1 Å². The highest BCUT2D eigenvalue weighted by Gasteiger charge is 2.20. The summed E-state index contributed by atoms with van der Waals surface area (Å²) in [6, 6.07) is 4.31. The van der Waals surface area contributed by atoms with E-state index in [1.165, 1.54) is 12.1 Å². The summed E-state index contributed by atoms with van der Waals surface area (Å²) < 4.78 is 18.4. The summed E-state index contributed by atoms with van der Waals surface area (Å²) in [5.41, 5.74) is 5.46. The highest BCUT2D eigenvalue weighted by molar-refractivity contribution is 7.80. The lowest BCUT2D eigenvalue weighted by Gasteiger charge is -2.22. The van der Waals surface area contributed by atoms with Crippen molar-refractivity contribution in [3.05, 3.63) is 29.0 Å². The van der Waals surface area contributed by atoms with Gasteiger partial charge in [0.1, 0.15) is 11.6 Å². The average Bonchev–Trinajstić information content (AvgIpc) is 2.29. The molecule has 0 aliphatic carbocycles. The van der Waals surface area contributed by atoms with Gasteiger partial charge in [-0.1, -0.05) is 37.7 Å². The molecule has 1 rings (SSSR count). The number of nitrogens with two attached hydrogens (primary N) is 1. The quantitative estimate of drug-likeness (QED) is 0.636. The van der Waals surface area contributed by atoms with E-state index < -0.39 is 5.82 Å². The van der Waals surface area contributed by atoms with Gasteiger partial charge < -0.3 is 10.5 Å². The van der Waals surface area contributed by atoms with Crippen molar-refractivity contribution < 1.29 is 9.13 Å². The van der Waals surface area contributed by atoms with Crippen LogP contribution in [-0.4, -0.2) is 11.6 Å². The molecule has 100 valence electrons. The van der Waals surface area contributed by atoms with Gasteiger partial charge in [-0.25, -0.2) is 4.39 Å². The molecule has 0 radical (unpaired) electrons. The van der Waals surface area contributed by atoms with E-state index in [9.17, 15) is 4.39 Å². The normalized spacial score (nSPS) is 11.3. The second-order valence-electron chi connectivity index (χ2n) is 4.78. The van der Waals surface area contributed by atoms with Crippen molar-refractivity contribution in [2.45, 2.75) is 26.7 Å². The molecule has 0 saturated heterocycles. The molecule has 0 aliphatic heterocycles. The predicted molar refractivity (Wildman–Crippen MR) is 76.7 cm³/mol. The molecule has 0 atom stereocenters. The van der Waals surface area contributed by atoms with Crippen molar-refractivity contribution >= 4 is 28.8 Å². The highest BCUT2D eigenvalue weighted by atomic mass is 35.5. The van der Waals surface area contributed by atoms with Crippen LogP contribution in [0.15, 0.2) is 18.2 Å². The van der Waals surface area contributed by atoms with Crippen molar-refractivity contribution in [2.75, 3.05) is 6.61 Å². The van der Waals surface area contributed by atoms with Crippen molar-refractivity contribution in [1.82, 2.24) is 0 Å². The molecule has 0 bridgehead atoms. The van der Waals surface area contributed by atoms with Gasteiger partial charge in [-0.15, -0.1) is 0 Å². The van der Waals surface area contributed by atoms with E-state index in [2.05, 4.69) is 0 Å². The van der Waals surface area contributed by atoms with Crippen LogP contribution in [-0.2, 0) is 0 Å². The Morgan fingerprint density at radius 1 is 1.50 bits per heavy atom. The van der Waals surface area contributed by atoms with Crippen LogP contribution < -0.4 is 10.5 Å². The fourth-order valence-electron chi connectivity index (χ4n) is 1.39. The van der Waals surface area contributed by atoms with E-state index in [1.54, 1.807) is 6.07 Å². The first-order valence-electron chi connectivity index (χ1n) is 5.71. The van der Waals surface area contributed by atoms with Gasteiger partial charge in [0.2, 0.25) is 0 Å². The van der Waals surface area contributed by atoms with Gasteiger partial charge in [-0.05, 0) is 25.0 Å². The lowest BCUT2D eigenvalue weighted by atomic mass is 9.88. The van der Waals surface area contributed by atoms with E-state index in [4.69, 9.17) is 34.3 Å². The number of benzene rings is 1. The largest absolute Gasteiger partial charge is 0.494 e. The van der Waals surface area contributed by atoms with E-state index in [1.807, 2.05) is 13.8 Å². The first kappa shape index (κ1) is 15.2. The molecule has 0 aromatic heterocycles. The number of rotatable bonds is 6. The summed E-state index contributed by atoms with van der Waals surface area (Å²) in [6.07, 6.45) is 1.66. The summed E-state index contributed by atoms with van der Waals surface area (Å²) in [7, 11) is 0. The van der Waals surface area contributed by atoms with Crippen LogP contribution in [0.4, 0.5) is 4.39 Å². The molecule has 2 N–H and O–H groups in total. The highest BCUT2D eigenvalue weighted by Crippen LogP contribution is 2.24. The van der Waals surface area contributed by atoms with Crippen molar-refractivity contribution in [3.8, 4) is 5.75 Å². The molecule has 2 nitrogen and oxygen atoms in total. The SMILES string of the molecule is CC(C)(CCCOc1ccc(F)c(Cl)c1)C(N)=S. The Kier molecular flexibility index (Phi) is 5.35. The summed E-state index contributed by atoms with van der Waals surface area (Å²) in [4.78, 5) is 0.507. The van der Waals surface area contributed by atoms with Crippen LogP contribution in [0.25, 0.3) is 0 Å². The number of halogens is 2. The van der Waals surface area contributed by atoms with Gasteiger partial charge in [0.25, 0.3) is 0 Å². The predicted octanol–water partition coefficient (Wildman–Crippen LogP) is 3.95. The smallest absolute Gasteiger partial charge is 0.142 e. The van der Waals surface area contributed by atoms with Gasteiger partial charge in [0.15, 0.2) is 0 Å². The van der Waals surface area contributed by atoms with Gasteiger partial charge in [-0.2, -0.15) is 0 Å². The summed E-state index contributed by atoms with van der Waals surface area (Å²) >= 11 is 10.6. The summed E-state index contributed by atoms with van der Waals surface area (Å²) in [5.74, 6) is 0.119. The molecule has 0 unspecified atom stereocenters. The molecular weight excluding hydrogens is 273 g/mol. The third-order valence-corrected chi connectivity index (χ3v) is 3.62. The molecule has 5 heteroatoms. The van der Waals surface area contributed by atoms with Gasteiger partial charge >= 0.3 is 0 Å². The van der Waals surface area contributed by atoms with Crippen molar-refractivity contribution in [1.29, 1.82) is 0 Å². The molecule has 0 amide bonds. The number of hydrogen-bond acceptors (Lipinski definition) is 2. The maximum Gasteiger partial charge on any atom is 0.142 e. The second-order valence-corrected chi connectivity index (χ2v) is 5.62. The maximum absolute atomic E-state index is 12.9. The maximum atomic E-state index is 12.9. The first-order chi connectivity index (χ1) is 8.33. The van der Waals surface area contributed by atoms with Gasteiger partial charge in [0, 0.05) is 11.5 Å². The second kappa shape index (κ2) is 6.34. The molecule has 1 aromatic rings. The summed E-state index contributed by atoms with van der Waals surface area (Å²) in [5, 5.41) is 0.0657.